The highest BCUT2D eigenvalue weighted by atomic mass is 16.6. The molecule has 4 atom stereocenters. The number of carbonyl (C=O) groups is 2. The van der Waals surface area contributed by atoms with Crippen LogP contribution >= 0.6 is 0 Å². The summed E-state index contributed by atoms with van der Waals surface area (Å²) in [6.07, 6.45) is 4.28. The second-order valence-electron chi connectivity index (χ2n) is 8.26. The summed E-state index contributed by atoms with van der Waals surface area (Å²) in [6.45, 7) is 2.74. The van der Waals surface area contributed by atoms with Crippen LogP contribution < -0.4 is 0 Å². The van der Waals surface area contributed by atoms with E-state index in [2.05, 4.69) is 0 Å². The van der Waals surface area contributed by atoms with E-state index in [1.54, 1.807) is 0 Å². The molecule has 0 unspecified atom stereocenters. The van der Waals surface area contributed by atoms with Crippen LogP contribution in [0.25, 0.3) is 0 Å². The Morgan fingerprint density at radius 1 is 1.13 bits per heavy atom. The Balaban J connectivity index is 1.52. The number of benzene rings is 2. The van der Waals surface area contributed by atoms with E-state index in [0.717, 1.165) is 17.5 Å². The second kappa shape index (κ2) is 7.40. The van der Waals surface area contributed by atoms with Crippen molar-refractivity contribution in [3.8, 4) is 0 Å². The molecule has 30 heavy (non-hydrogen) atoms. The third-order valence-corrected chi connectivity index (χ3v) is 6.39. The van der Waals surface area contributed by atoms with Crippen molar-refractivity contribution in [3.05, 3.63) is 83.9 Å². The fraction of sp³-hybridized carbons (Fsp3) is 0.360. The SMILES string of the molecule is CCCOC(=O)[C@@H]1[C@H]2C=C[C@@]3(CN(C(c4ccccc4)c4ccccc4)C(=O)[C@@H]13)O2. The summed E-state index contributed by atoms with van der Waals surface area (Å²) < 4.78 is 11.7. The molecule has 0 aliphatic carbocycles. The standard InChI is InChI=1S/C25H25NO4/c1-2-15-29-24(28)20-19-13-14-25(30-19)16-26(23(27)21(20)25)22(17-9-5-3-6-10-17)18-11-7-4-8-12-18/h3-14,19-22H,2,15-16H2,1H3/t19-,20-,21-,25+/m1/s1. The number of amides is 1. The van der Waals surface area contributed by atoms with Crippen LogP contribution in [0.15, 0.2) is 72.8 Å². The summed E-state index contributed by atoms with van der Waals surface area (Å²) in [5, 5.41) is 0. The van der Waals surface area contributed by atoms with Crippen molar-refractivity contribution in [1.82, 2.24) is 4.90 Å². The number of likely N-dealkylation sites (tertiary alicyclic amines) is 1. The Bertz CT molecular complexity index is 934. The predicted octanol–water partition coefficient (Wildman–Crippen LogP) is 3.51. The van der Waals surface area contributed by atoms with Crippen LogP contribution in [-0.2, 0) is 19.1 Å². The van der Waals surface area contributed by atoms with Gasteiger partial charge in [0.25, 0.3) is 0 Å². The van der Waals surface area contributed by atoms with E-state index in [4.69, 9.17) is 9.47 Å². The average molecular weight is 403 g/mol. The lowest BCUT2D eigenvalue weighted by molar-refractivity contribution is -0.154. The molecule has 1 amide bonds. The number of nitrogens with zero attached hydrogens (tertiary/aromatic N) is 1. The zero-order valence-electron chi connectivity index (χ0n) is 16.9. The molecule has 2 bridgehead atoms. The number of fused-ring (bicyclic) bond motifs is 1. The van der Waals surface area contributed by atoms with Gasteiger partial charge in [0.2, 0.25) is 5.91 Å². The lowest BCUT2D eigenvalue weighted by Crippen LogP contribution is -2.40. The van der Waals surface area contributed by atoms with Crippen LogP contribution in [0.3, 0.4) is 0 Å². The average Bonchev–Trinajstić information content (AvgIpc) is 3.42. The highest BCUT2D eigenvalue weighted by Gasteiger charge is 2.68. The van der Waals surface area contributed by atoms with Gasteiger partial charge in [-0.15, -0.1) is 0 Å². The molecule has 154 valence electrons. The van der Waals surface area contributed by atoms with Gasteiger partial charge in [0.05, 0.1) is 31.2 Å². The quantitative estimate of drug-likeness (QED) is 0.547. The summed E-state index contributed by atoms with van der Waals surface area (Å²) >= 11 is 0. The molecule has 2 aromatic carbocycles. The van der Waals surface area contributed by atoms with E-state index in [0.29, 0.717) is 13.2 Å². The summed E-state index contributed by atoms with van der Waals surface area (Å²) in [6, 6.07) is 19.8. The minimum absolute atomic E-state index is 0.0435. The fourth-order valence-electron chi connectivity index (χ4n) is 5.14. The van der Waals surface area contributed by atoms with Gasteiger partial charge in [0, 0.05) is 0 Å². The summed E-state index contributed by atoms with van der Waals surface area (Å²) in [4.78, 5) is 28.4. The third-order valence-electron chi connectivity index (χ3n) is 6.39. The molecule has 0 saturated carbocycles. The van der Waals surface area contributed by atoms with Crippen LogP contribution in [0.4, 0.5) is 0 Å². The van der Waals surface area contributed by atoms with Gasteiger partial charge < -0.3 is 14.4 Å². The molecule has 1 spiro atoms. The molecular formula is C25H25NO4. The molecule has 0 aromatic heterocycles. The first kappa shape index (κ1) is 19.1. The van der Waals surface area contributed by atoms with E-state index < -0.39 is 17.4 Å². The Hall–Kier alpha value is -2.92. The Morgan fingerprint density at radius 2 is 1.77 bits per heavy atom. The zero-order chi connectivity index (χ0) is 20.7. The van der Waals surface area contributed by atoms with Crippen molar-refractivity contribution in [3.63, 3.8) is 0 Å². The summed E-state index contributed by atoms with van der Waals surface area (Å²) in [7, 11) is 0. The van der Waals surface area contributed by atoms with Crippen molar-refractivity contribution in [2.24, 2.45) is 11.8 Å². The molecule has 5 rings (SSSR count). The van der Waals surface area contributed by atoms with Gasteiger partial charge >= 0.3 is 5.97 Å². The maximum atomic E-state index is 13.8. The molecule has 2 fully saturated rings. The first-order valence-electron chi connectivity index (χ1n) is 10.6. The molecule has 3 aliphatic heterocycles. The summed E-state index contributed by atoms with van der Waals surface area (Å²) in [5.74, 6) is -1.49. The second-order valence-corrected chi connectivity index (χ2v) is 8.26. The number of rotatable bonds is 6. The van der Waals surface area contributed by atoms with Crippen LogP contribution in [0.1, 0.15) is 30.5 Å². The third kappa shape index (κ3) is 2.88. The molecular weight excluding hydrogens is 378 g/mol. The lowest BCUT2D eigenvalue weighted by Gasteiger charge is -2.31. The van der Waals surface area contributed by atoms with E-state index in [1.165, 1.54) is 0 Å². The van der Waals surface area contributed by atoms with Gasteiger partial charge in [0.1, 0.15) is 11.5 Å². The van der Waals surface area contributed by atoms with Crippen molar-refractivity contribution in [1.29, 1.82) is 0 Å². The first-order valence-corrected chi connectivity index (χ1v) is 10.6. The highest BCUT2D eigenvalue weighted by molar-refractivity contribution is 5.91. The molecule has 2 aromatic rings. The van der Waals surface area contributed by atoms with Crippen LogP contribution in [0.5, 0.6) is 0 Å². The normalized spacial score (nSPS) is 28.9. The van der Waals surface area contributed by atoms with Gasteiger partial charge in [-0.3, -0.25) is 9.59 Å². The maximum absolute atomic E-state index is 13.8. The minimum Gasteiger partial charge on any atom is -0.465 e. The van der Waals surface area contributed by atoms with Gasteiger partial charge in [-0.2, -0.15) is 0 Å². The first-order chi connectivity index (χ1) is 14.6. The Kier molecular flexibility index (Phi) is 4.70. The molecule has 3 heterocycles. The van der Waals surface area contributed by atoms with Gasteiger partial charge in [-0.25, -0.2) is 0 Å². The monoisotopic (exact) mass is 403 g/mol. The van der Waals surface area contributed by atoms with E-state index in [9.17, 15) is 9.59 Å². The largest absolute Gasteiger partial charge is 0.465 e. The van der Waals surface area contributed by atoms with Crippen molar-refractivity contribution in [2.45, 2.75) is 31.1 Å². The van der Waals surface area contributed by atoms with E-state index in [-0.39, 0.29) is 24.0 Å². The van der Waals surface area contributed by atoms with Gasteiger partial charge in [-0.1, -0.05) is 79.7 Å². The molecule has 0 N–H and O–H groups in total. The molecule has 5 heteroatoms. The number of hydrogen-bond donors (Lipinski definition) is 0. The number of esters is 1. The summed E-state index contributed by atoms with van der Waals surface area (Å²) in [5.41, 5.74) is 1.33. The molecule has 3 aliphatic rings. The molecule has 5 nitrogen and oxygen atoms in total. The number of hydrogen-bond acceptors (Lipinski definition) is 4. The van der Waals surface area contributed by atoms with Crippen molar-refractivity contribution >= 4 is 11.9 Å². The zero-order valence-corrected chi connectivity index (χ0v) is 16.9. The maximum Gasteiger partial charge on any atom is 0.312 e. The van der Waals surface area contributed by atoms with Crippen LogP contribution in [0, 0.1) is 11.8 Å². The smallest absolute Gasteiger partial charge is 0.312 e. The molecule has 0 radical (unpaired) electrons. The Morgan fingerprint density at radius 3 is 2.37 bits per heavy atom. The van der Waals surface area contributed by atoms with Gasteiger partial charge in [-0.05, 0) is 17.5 Å². The Labute approximate surface area is 176 Å². The fourth-order valence-corrected chi connectivity index (χ4v) is 5.14. The van der Waals surface area contributed by atoms with Crippen molar-refractivity contribution in [2.75, 3.05) is 13.2 Å². The number of ether oxygens (including phenoxy) is 2. The minimum atomic E-state index is -0.751. The van der Waals surface area contributed by atoms with E-state index >= 15 is 0 Å². The van der Waals surface area contributed by atoms with E-state index in [1.807, 2.05) is 84.6 Å². The van der Waals surface area contributed by atoms with Crippen LogP contribution in [-0.4, -0.2) is 41.6 Å². The van der Waals surface area contributed by atoms with Crippen molar-refractivity contribution < 1.29 is 19.1 Å². The lowest BCUT2D eigenvalue weighted by atomic mass is 9.77. The molecule has 2 saturated heterocycles. The highest BCUT2D eigenvalue weighted by Crippen LogP contribution is 2.54. The van der Waals surface area contributed by atoms with Crippen LogP contribution in [0.2, 0.25) is 0 Å². The number of carbonyl (C=O) groups excluding carboxylic acids is 2. The van der Waals surface area contributed by atoms with Gasteiger partial charge in [0.15, 0.2) is 0 Å². The topological polar surface area (TPSA) is 55.8 Å². The predicted molar refractivity (Wildman–Crippen MR) is 111 cm³/mol.